The van der Waals surface area contributed by atoms with Crippen LogP contribution >= 0.6 is 0 Å². The van der Waals surface area contributed by atoms with E-state index in [0.717, 1.165) is 17.5 Å². The maximum absolute atomic E-state index is 12.2. The highest BCUT2D eigenvalue weighted by atomic mass is 16.6. The van der Waals surface area contributed by atoms with Gasteiger partial charge in [-0.25, -0.2) is 19.2 Å². The Kier molecular flexibility index (Phi) is 13.3. The number of carbonyl (C=O) groups excluding carboxylic acids is 2. The Morgan fingerprint density at radius 2 is 1.08 bits per heavy atom. The Morgan fingerprint density at radius 3 is 1.33 bits per heavy atom. The zero-order valence-corrected chi connectivity index (χ0v) is 22.3. The van der Waals surface area contributed by atoms with Crippen molar-refractivity contribution >= 4 is 29.8 Å². The van der Waals surface area contributed by atoms with Crippen LogP contribution in [0.4, 0.5) is 0 Å². The van der Waals surface area contributed by atoms with Crippen molar-refractivity contribution in [3.05, 3.63) is 70.8 Å². The standard InChI is InChI=1S/C20H18O8.C8H17NO2/c1-11-3-7-13(8-4-11)19(25)27-15(17(21)22)16(18(23)24)28-20(26)14-9-5-12(2)6-10-14;1-6(2)3-7(5-9)4-8(10)11/h3-10,15-16H,1-2H3,(H,21,22)(H,23,24);6-7H,3-5,9H2,1-2H3,(H,10,11)/t15-,16-;7-/m10/s1. The van der Waals surface area contributed by atoms with Crippen LogP contribution in [0, 0.1) is 25.7 Å². The van der Waals surface area contributed by atoms with Gasteiger partial charge in [0, 0.05) is 6.42 Å². The van der Waals surface area contributed by atoms with Crippen molar-refractivity contribution in [1.82, 2.24) is 0 Å². The van der Waals surface area contributed by atoms with Crippen molar-refractivity contribution in [1.29, 1.82) is 0 Å². The lowest BCUT2D eigenvalue weighted by Gasteiger charge is -2.21. The molecule has 0 aromatic heterocycles. The summed E-state index contributed by atoms with van der Waals surface area (Å²) in [5.41, 5.74) is 7.20. The molecule has 39 heavy (non-hydrogen) atoms. The number of ether oxygens (including phenoxy) is 2. The fourth-order valence-corrected chi connectivity index (χ4v) is 3.41. The number of carbonyl (C=O) groups is 5. The molecule has 2 aromatic carbocycles. The molecule has 0 aliphatic carbocycles. The molecule has 0 fully saturated rings. The highest BCUT2D eigenvalue weighted by Gasteiger charge is 2.41. The zero-order valence-electron chi connectivity index (χ0n) is 22.3. The Labute approximate surface area is 226 Å². The summed E-state index contributed by atoms with van der Waals surface area (Å²) in [7, 11) is 0. The molecule has 0 amide bonds. The topological polar surface area (TPSA) is 191 Å². The van der Waals surface area contributed by atoms with Gasteiger partial charge in [0.05, 0.1) is 11.1 Å². The fourth-order valence-electron chi connectivity index (χ4n) is 3.41. The molecule has 0 unspecified atom stereocenters. The Balaban J connectivity index is 0.000000584. The zero-order chi connectivity index (χ0) is 29.7. The second kappa shape index (κ2) is 15.9. The van der Waals surface area contributed by atoms with E-state index in [9.17, 15) is 34.2 Å². The van der Waals surface area contributed by atoms with Crippen LogP contribution in [-0.2, 0) is 23.9 Å². The summed E-state index contributed by atoms with van der Waals surface area (Å²) in [5.74, 6) is -5.69. The van der Waals surface area contributed by atoms with Gasteiger partial charge in [-0.05, 0) is 62.9 Å². The first-order valence-corrected chi connectivity index (χ1v) is 12.2. The molecule has 0 radical (unpaired) electrons. The molecular formula is C28H35NO10. The van der Waals surface area contributed by atoms with Crippen LogP contribution < -0.4 is 5.73 Å². The van der Waals surface area contributed by atoms with Crippen molar-refractivity contribution in [2.24, 2.45) is 17.6 Å². The Bertz CT molecular complexity index is 1050. The summed E-state index contributed by atoms with van der Waals surface area (Å²) in [6.07, 6.45) is -3.33. The molecular weight excluding hydrogens is 510 g/mol. The van der Waals surface area contributed by atoms with Crippen LogP contribution in [0.1, 0.15) is 58.5 Å². The minimum Gasteiger partial charge on any atom is -0.481 e. The fraction of sp³-hybridized carbons (Fsp3) is 0.393. The molecule has 0 spiro atoms. The number of carboxylic acid groups (broad SMARTS) is 3. The number of rotatable bonds is 12. The minimum absolute atomic E-state index is 0.0332. The van der Waals surface area contributed by atoms with Gasteiger partial charge < -0.3 is 30.5 Å². The van der Waals surface area contributed by atoms with E-state index in [1.54, 1.807) is 38.1 Å². The van der Waals surface area contributed by atoms with E-state index in [2.05, 4.69) is 13.8 Å². The average Bonchev–Trinajstić information content (AvgIpc) is 2.85. The quantitative estimate of drug-likeness (QED) is 0.286. The van der Waals surface area contributed by atoms with Crippen LogP contribution in [0.25, 0.3) is 0 Å². The number of benzene rings is 2. The number of nitrogens with two attached hydrogens (primary N) is 1. The maximum atomic E-state index is 12.2. The summed E-state index contributed by atoms with van der Waals surface area (Å²) in [6.45, 7) is 8.21. The smallest absolute Gasteiger partial charge is 0.349 e. The summed E-state index contributed by atoms with van der Waals surface area (Å²) < 4.78 is 9.64. The minimum atomic E-state index is -2.22. The van der Waals surface area contributed by atoms with Crippen molar-refractivity contribution in [3.8, 4) is 0 Å². The van der Waals surface area contributed by atoms with E-state index in [4.69, 9.17) is 20.3 Å². The summed E-state index contributed by atoms with van der Waals surface area (Å²) in [5, 5.41) is 27.1. The SMILES string of the molecule is CC(C)C[C@H](CN)CC(=O)O.Cc1ccc(C(=O)O[C@@H](C(=O)O)[C@@H](OC(=O)c2ccc(C)cc2)C(=O)O)cc1. The van der Waals surface area contributed by atoms with Gasteiger partial charge in [0.1, 0.15) is 0 Å². The first-order valence-electron chi connectivity index (χ1n) is 12.2. The molecule has 0 aliphatic heterocycles. The van der Waals surface area contributed by atoms with Crippen LogP contribution in [0.5, 0.6) is 0 Å². The molecule has 11 nitrogen and oxygen atoms in total. The lowest BCUT2D eigenvalue weighted by Crippen LogP contribution is -2.45. The summed E-state index contributed by atoms with van der Waals surface area (Å²) >= 11 is 0. The van der Waals surface area contributed by atoms with Gasteiger partial charge >= 0.3 is 29.8 Å². The van der Waals surface area contributed by atoms with E-state index < -0.39 is 42.1 Å². The van der Waals surface area contributed by atoms with E-state index >= 15 is 0 Å². The molecule has 5 N–H and O–H groups in total. The van der Waals surface area contributed by atoms with Gasteiger partial charge in [-0.3, -0.25) is 4.79 Å². The number of esters is 2. The van der Waals surface area contributed by atoms with E-state index in [1.165, 1.54) is 24.3 Å². The normalized spacial score (nSPS) is 12.8. The van der Waals surface area contributed by atoms with Gasteiger partial charge in [0.2, 0.25) is 12.2 Å². The molecule has 0 heterocycles. The first kappa shape index (κ1) is 32.8. The van der Waals surface area contributed by atoms with Crippen LogP contribution in [0.15, 0.2) is 48.5 Å². The molecule has 212 valence electrons. The highest BCUT2D eigenvalue weighted by molar-refractivity contribution is 5.95. The number of hydrogen-bond donors (Lipinski definition) is 4. The van der Waals surface area contributed by atoms with Crippen molar-refractivity contribution in [3.63, 3.8) is 0 Å². The van der Waals surface area contributed by atoms with Crippen molar-refractivity contribution in [2.45, 2.75) is 52.7 Å². The van der Waals surface area contributed by atoms with Crippen LogP contribution in [0.3, 0.4) is 0 Å². The number of carboxylic acids is 3. The van der Waals surface area contributed by atoms with E-state index in [-0.39, 0.29) is 23.5 Å². The number of aliphatic carboxylic acids is 3. The molecule has 2 rings (SSSR count). The molecule has 2 aromatic rings. The van der Waals surface area contributed by atoms with Gasteiger partial charge in [-0.1, -0.05) is 49.2 Å². The number of hydrogen-bond acceptors (Lipinski definition) is 8. The second-order valence-electron chi connectivity index (χ2n) is 9.39. The molecule has 0 bridgehead atoms. The molecule has 0 saturated heterocycles. The maximum Gasteiger partial charge on any atom is 0.349 e. The van der Waals surface area contributed by atoms with E-state index in [1.807, 2.05) is 0 Å². The Morgan fingerprint density at radius 1 is 0.718 bits per heavy atom. The first-order chi connectivity index (χ1) is 18.2. The number of aryl methyl sites for hydroxylation is 2. The molecule has 3 atom stereocenters. The third-order valence-electron chi connectivity index (χ3n) is 5.41. The third-order valence-corrected chi connectivity index (χ3v) is 5.41. The summed E-state index contributed by atoms with van der Waals surface area (Å²) in [6, 6.07) is 12.1. The molecule has 11 heteroatoms. The Hall–Kier alpha value is -4.25. The van der Waals surface area contributed by atoms with Gasteiger partial charge in [-0.15, -0.1) is 0 Å². The predicted molar refractivity (Wildman–Crippen MR) is 140 cm³/mol. The predicted octanol–water partition coefficient (Wildman–Crippen LogP) is 3.31. The highest BCUT2D eigenvalue weighted by Crippen LogP contribution is 2.15. The largest absolute Gasteiger partial charge is 0.481 e. The van der Waals surface area contributed by atoms with Gasteiger partial charge in [0.15, 0.2) is 0 Å². The molecule has 0 aliphatic rings. The van der Waals surface area contributed by atoms with Crippen LogP contribution in [0.2, 0.25) is 0 Å². The third kappa shape index (κ3) is 11.8. The second-order valence-corrected chi connectivity index (χ2v) is 9.39. The lowest BCUT2D eigenvalue weighted by atomic mass is 9.94. The van der Waals surface area contributed by atoms with Crippen LogP contribution in [-0.4, -0.2) is 63.9 Å². The summed E-state index contributed by atoms with van der Waals surface area (Å²) in [4.78, 5) is 57.6. The van der Waals surface area contributed by atoms with Gasteiger partial charge in [-0.2, -0.15) is 0 Å². The monoisotopic (exact) mass is 545 g/mol. The lowest BCUT2D eigenvalue weighted by molar-refractivity contribution is -0.166. The van der Waals surface area contributed by atoms with Crippen molar-refractivity contribution in [2.75, 3.05) is 6.54 Å². The van der Waals surface area contributed by atoms with E-state index in [0.29, 0.717) is 12.5 Å². The molecule has 0 saturated carbocycles. The average molecular weight is 546 g/mol. The van der Waals surface area contributed by atoms with Crippen molar-refractivity contribution < 1.29 is 48.8 Å². The van der Waals surface area contributed by atoms with Gasteiger partial charge in [0.25, 0.3) is 0 Å².